The highest BCUT2D eigenvalue weighted by Crippen LogP contribution is 2.41. The summed E-state index contributed by atoms with van der Waals surface area (Å²) in [6, 6.07) is 5.90. The SMILES string of the molecule is COc1cc(OC)c2c(C(C)C)c3c(cc2c1)CCOC3=O. The van der Waals surface area contributed by atoms with Crippen LogP contribution in [0.3, 0.4) is 0 Å². The summed E-state index contributed by atoms with van der Waals surface area (Å²) in [5.74, 6) is 1.42. The van der Waals surface area contributed by atoms with Crippen LogP contribution in [0.15, 0.2) is 18.2 Å². The van der Waals surface area contributed by atoms with E-state index in [0.29, 0.717) is 12.2 Å². The number of hydrogen-bond donors (Lipinski definition) is 0. The van der Waals surface area contributed by atoms with Crippen molar-refractivity contribution in [3.8, 4) is 11.5 Å². The molecule has 0 spiro atoms. The van der Waals surface area contributed by atoms with Crippen molar-refractivity contribution in [2.24, 2.45) is 0 Å². The van der Waals surface area contributed by atoms with E-state index in [4.69, 9.17) is 14.2 Å². The first-order valence-electron chi connectivity index (χ1n) is 7.45. The summed E-state index contributed by atoms with van der Waals surface area (Å²) in [6.07, 6.45) is 0.746. The van der Waals surface area contributed by atoms with E-state index in [9.17, 15) is 4.79 Å². The first-order valence-corrected chi connectivity index (χ1v) is 7.45. The molecule has 0 fully saturated rings. The Morgan fingerprint density at radius 2 is 1.91 bits per heavy atom. The van der Waals surface area contributed by atoms with Crippen molar-refractivity contribution >= 4 is 16.7 Å². The van der Waals surface area contributed by atoms with E-state index in [1.807, 2.05) is 12.1 Å². The molecule has 2 aromatic carbocycles. The van der Waals surface area contributed by atoms with E-state index < -0.39 is 0 Å². The monoisotopic (exact) mass is 300 g/mol. The molecule has 0 unspecified atom stereocenters. The average Bonchev–Trinajstić information content (AvgIpc) is 2.51. The van der Waals surface area contributed by atoms with E-state index in [0.717, 1.165) is 39.8 Å². The molecule has 1 aliphatic rings. The molecule has 4 nitrogen and oxygen atoms in total. The summed E-state index contributed by atoms with van der Waals surface area (Å²) in [6.45, 7) is 4.61. The number of fused-ring (bicyclic) bond motifs is 2. The minimum atomic E-state index is -0.232. The van der Waals surface area contributed by atoms with Gasteiger partial charge in [0.25, 0.3) is 0 Å². The Balaban J connectivity index is 2.45. The minimum absolute atomic E-state index is 0.186. The molecule has 0 amide bonds. The second-order valence-electron chi connectivity index (χ2n) is 5.79. The summed E-state index contributed by atoms with van der Waals surface area (Å²) >= 11 is 0. The Labute approximate surface area is 130 Å². The Morgan fingerprint density at radius 1 is 1.14 bits per heavy atom. The zero-order chi connectivity index (χ0) is 15.9. The van der Waals surface area contributed by atoms with Crippen LogP contribution in [0.1, 0.15) is 41.3 Å². The molecular weight excluding hydrogens is 280 g/mol. The van der Waals surface area contributed by atoms with E-state index in [1.54, 1.807) is 14.2 Å². The Kier molecular flexibility index (Phi) is 3.69. The van der Waals surface area contributed by atoms with Crippen molar-refractivity contribution in [1.29, 1.82) is 0 Å². The van der Waals surface area contributed by atoms with Crippen LogP contribution in [0.5, 0.6) is 11.5 Å². The van der Waals surface area contributed by atoms with Gasteiger partial charge < -0.3 is 14.2 Å². The Hall–Kier alpha value is -2.23. The number of cyclic esters (lactones) is 1. The highest BCUT2D eigenvalue weighted by atomic mass is 16.5. The third kappa shape index (κ3) is 2.19. The third-order valence-electron chi connectivity index (χ3n) is 4.14. The molecule has 2 aromatic rings. The zero-order valence-corrected chi connectivity index (χ0v) is 13.4. The van der Waals surface area contributed by atoms with Gasteiger partial charge in [0, 0.05) is 17.9 Å². The average molecular weight is 300 g/mol. The van der Waals surface area contributed by atoms with Gasteiger partial charge >= 0.3 is 5.97 Å². The van der Waals surface area contributed by atoms with Crippen LogP contribution in [0.2, 0.25) is 0 Å². The molecule has 0 saturated heterocycles. The number of carbonyl (C=O) groups is 1. The molecule has 0 atom stereocenters. The highest BCUT2D eigenvalue weighted by Gasteiger charge is 2.27. The van der Waals surface area contributed by atoms with Crippen molar-refractivity contribution in [3.63, 3.8) is 0 Å². The summed E-state index contributed by atoms with van der Waals surface area (Å²) < 4.78 is 16.2. The number of esters is 1. The fourth-order valence-electron chi connectivity index (χ4n) is 3.19. The highest BCUT2D eigenvalue weighted by molar-refractivity contribution is 6.04. The molecule has 0 saturated carbocycles. The maximum absolute atomic E-state index is 12.3. The molecule has 0 bridgehead atoms. The maximum atomic E-state index is 12.3. The lowest BCUT2D eigenvalue weighted by Gasteiger charge is -2.24. The fraction of sp³-hybridized carbons (Fsp3) is 0.389. The predicted octanol–water partition coefficient (Wildman–Crippen LogP) is 3.69. The van der Waals surface area contributed by atoms with E-state index >= 15 is 0 Å². The van der Waals surface area contributed by atoms with Gasteiger partial charge in [0.05, 0.1) is 26.4 Å². The lowest BCUT2D eigenvalue weighted by Crippen LogP contribution is -2.20. The van der Waals surface area contributed by atoms with Crippen LogP contribution in [0, 0.1) is 0 Å². The van der Waals surface area contributed by atoms with Crippen LogP contribution < -0.4 is 9.47 Å². The normalized spacial score (nSPS) is 14.0. The van der Waals surface area contributed by atoms with E-state index in [2.05, 4.69) is 19.9 Å². The number of methoxy groups -OCH3 is 2. The van der Waals surface area contributed by atoms with Crippen molar-refractivity contribution in [2.75, 3.05) is 20.8 Å². The predicted molar refractivity (Wildman–Crippen MR) is 85.1 cm³/mol. The van der Waals surface area contributed by atoms with Gasteiger partial charge in [0.15, 0.2) is 0 Å². The van der Waals surface area contributed by atoms with E-state index in [1.165, 1.54) is 0 Å². The van der Waals surface area contributed by atoms with Crippen molar-refractivity contribution < 1.29 is 19.0 Å². The standard InChI is InChI=1S/C18H20O4/c1-10(2)15-16-12(8-13(20-3)9-14(16)21-4)7-11-5-6-22-18(19)17(11)15/h7-10H,5-6H2,1-4H3. The molecule has 22 heavy (non-hydrogen) atoms. The van der Waals surface area contributed by atoms with Crippen molar-refractivity contribution in [1.82, 2.24) is 0 Å². The summed E-state index contributed by atoms with van der Waals surface area (Å²) in [4.78, 5) is 12.3. The van der Waals surface area contributed by atoms with Crippen LogP contribution >= 0.6 is 0 Å². The van der Waals surface area contributed by atoms with Gasteiger partial charge in [-0.1, -0.05) is 13.8 Å². The molecule has 0 N–H and O–H groups in total. The van der Waals surface area contributed by atoms with Gasteiger partial charge in [0.2, 0.25) is 0 Å². The second kappa shape index (κ2) is 5.52. The third-order valence-corrected chi connectivity index (χ3v) is 4.14. The van der Waals surface area contributed by atoms with Gasteiger partial charge in [0.1, 0.15) is 11.5 Å². The topological polar surface area (TPSA) is 44.8 Å². The fourth-order valence-corrected chi connectivity index (χ4v) is 3.19. The van der Waals surface area contributed by atoms with Gasteiger partial charge in [-0.25, -0.2) is 4.79 Å². The molecule has 0 radical (unpaired) electrons. The Morgan fingerprint density at radius 3 is 2.55 bits per heavy atom. The molecule has 0 aromatic heterocycles. The molecule has 1 heterocycles. The van der Waals surface area contributed by atoms with Crippen molar-refractivity contribution in [2.45, 2.75) is 26.2 Å². The van der Waals surface area contributed by atoms with Crippen LogP contribution in [0.25, 0.3) is 10.8 Å². The van der Waals surface area contributed by atoms with Gasteiger partial charge in [-0.3, -0.25) is 0 Å². The number of hydrogen-bond acceptors (Lipinski definition) is 4. The molecule has 4 heteroatoms. The lowest BCUT2D eigenvalue weighted by atomic mass is 9.85. The smallest absolute Gasteiger partial charge is 0.338 e. The van der Waals surface area contributed by atoms with Crippen LogP contribution in [0.4, 0.5) is 0 Å². The van der Waals surface area contributed by atoms with Gasteiger partial charge in [-0.05, 0) is 34.6 Å². The molecular formula is C18H20O4. The van der Waals surface area contributed by atoms with Gasteiger partial charge in [-0.2, -0.15) is 0 Å². The first-order chi connectivity index (χ1) is 10.6. The van der Waals surface area contributed by atoms with Crippen LogP contribution in [-0.2, 0) is 11.2 Å². The van der Waals surface area contributed by atoms with Gasteiger partial charge in [-0.15, -0.1) is 0 Å². The summed E-state index contributed by atoms with van der Waals surface area (Å²) in [7, 11) is 3.27. The molecule has 3 rings (SSSR count). The second-order valence-corrected chi connectivity index (χ2v) is 5.79. The Bertz CT molecular complexity index is 747. The summed E-state index contributed by atoms with van der Waals surface area (Å²) in [5.41, 5.74) is 2.75. The number of benzene rings is 2. The maximum Gasteiger partial charge on any atom is 0.338 e. The lowest BCUT2D eigenvalue weighted by molar-refractivity contribution is 0.0478. The summed E-state index contributed by atoms with van der Waals surface area (Å²) in [5, 5.41) is 2.00. The van der Waals surface area contributed by atoms with E-state index in [-0.39, 0.29) is 11.9 Å². The van der Waals surface area contributed by atoms with Crippen LogP contribution in [-0.4, -0.2) is 26.8 Å². The largest absolute Gasteiger partial charge is 0.497 e. The number of carbonyl (C=O) groups excluding carboxylic acids is 1. The number of rotatable bonds is 3. The first kappa shape index (κ1) is 14.7. The quantitative estimate of drug-likeness (QED) is 0.811. The molecule has 0 aliphatic carbocycles. The molecule has 116 valence electrons. The minimum Gasteiger partial charge on any atom is -0.497 e. The molecule has 1 aliphatic heterocycles. The zero-order valence-electron chi connectivity index (χ0n) is 13.4. The number of ether oxygens (including phenoxy) is 3. The van der Waals surface area contributed by atoms with Crippen molar-refractivity contribution in [3.05, 3.63) is 34.9 Å².